The second-order valence-electron chi connectivity index (χ2n) is 6.36. The molecule has 2 N–H and O–H groups in total. The van der Waals surface area contributed by atoms with Crippen LogP contribution in [0.1, 0.15) is 0 Å². The van der Waals surface area contributed by atoms with Gasteiger partial charge in [-0.2, -0.15) is 5.10 Å². The minimum Gasteiger partial charge on any atom is -0.457 e. The molecular formula is C22H16N6O. The number of benzene rings is 2. The molecule has 140 valence electrons. The first-order valence-corrected chi connectivity index (χ1v) is 9.02. The summed E-state index contributed by atoms with van der Waals surface area (Å²) in [6, 6.07) is 21.1. The van der Waals surface area contributed by atoms with E-state index in [9.17, 15) is 0 Å². The number of ether oxygens (including phenoxy) is 1. The second kappa shape index (κ2) is 7.05. The van der Waals surface area contributed by atoms with E-state index in [1.54, 1.807) is 17.1 Å². The van der Waals surface area contributed by atoms with Crippen molar-refractivity contribution in [3.05, 3.63) is 85.5 Å². The summed E-state index contributed by atoms with van der Waals surface area (Å²) in [6.45, 7) is 0. The predicted molar refractivity (Wildman–Crippen MR) is 111 cm³/mol. The lowest BCUT2D eigenvalue weighted by molar-refractivity contribution is 0.483. The summed E-state index contributed by atoms with van der Waals surface area (Å²) >= 11 is 0. The zero-order chi connectivity index (χ0) is 19.6. The van der Waals surface area contributed by atoms with Crippen LogP contribution in [0.2, 0.25) is 0 Å². The molecule has 5 aromatic rings. The van der Waals surface area contributed by atoms with Crippen molar-refractivity contribution < 1.29 is 4.74 Å². The molecule has 0 bridgehead atoms. The monoisotopic (exact) mass is 380 g/mol. The third-order valence-corrected chi connectivity index (χ3v) is 4.51. The zero-order valence-corrected chi connectivity index (χ0v) is 15.3. The van der Waals surface area contributed by atoms with Crippen molar-refractivity contribution in [2.75, 3.05) is 5.73 Å². The van der Waals surface area contributed by atoms with Gasteiger partial charge >= 0.3 is 0 Å². The highest BCUT2D eigenvalue weighted by Crippen LogP contribution is 2.33. The van der Waals surface area contributed by atoms with Gasteiger partial charge in [-0.3, -0.25) is 4.98 Å². The number of nitrogens with zero attached hydrogens (tertiary/aromatic N) is 5. The Balaban J connectivity index is 1.58. The summed E-state index contributed by atoms with van der Waals surface area (Å²) in [5.41, 5.74) is 9.27. The molecule has 29 heavy (non-hydrogen) atoms. The quantitative estimate of drug-likeness (QED) is 0.501. The molecular weight excluding hydrogens is 364 g/mol. The maximum absolute atomic E-state index is 6.18. The van der Waals surface area contributed by atoms with Crippen LogP contribution in [0, 0.1) is 0 Å². The van der Waals surface area contributed by atoms with Crippen molar-refractivity contribution in [1.82, 2.24) is 24.7 Å². The molecule has 0 saturated heterocycles. The molecule has 0 aliphatic rings. The Morgan fingerprint density at radius 2 is 1.52 bits per heavy atom. The zero-order valence-electron chi connectivity index (χ0n) is 15.3. The summed E-state index contributed by atoms with van der Waals surface area (Å²) < 4.78 is 7.62. The molecule has 0 aliphatic carbocycles. The van der Waals surface area contributed by atoms with Gasteiger partial charge < -0.3 is 10.5 Å². The van der Waals surface area contributed by atoms with Crippen molar-refractivity contribution in [2.24, 2.45) is 0 Å². The maximum atomic E-state index is 6.18. The Morgan fingerprint density at radius 1 is 0.793 bits per heavy atom. The highest BCUT2D eigenvalue weighted by atomic mass is 16.5. The molecule has 2 aromatic carbocycles. The number of hydrogen-bond acceptors (Lipinski definition) is 6. The number of nitrogens with two attached hydrogens (primary N) is 1. The van der Waals surface area contributed by atoms with Crippen LogP contribution in [0.3, 0.4) is 0 Å². The molecule has 5 rings (SSSR count). The van der Waals surface area contributed by atoms with E-state index in [1.165, 1.54) is 6.33 Å². The molecule has 7 heteroatoms. The third-order valence-electron chi connectivity index (χ3n) is 4.51. The molecule has 0 atom stereocenters. The van der Waals surface area contributed by atoms with Crippen LogP contribution in [0.25, 0.3) is 28.0 Å². The molecule has 0 spiro atoms. The number of para-hydroxylation sites is 1. The summed E-state index contributed by atoms with van der Waals surface area (Å²) in [7, 11) is 0. The molecule has 0 aliphatic heterocycles. The van der Waals surface area contributed by atoms with Crippen LogP contribution in [-0.4, -0.2) is 24.7 Å². The van der Waals surface area contributed by atoms with Gasteiger partial charge in [-0.15, -0.1) is 0 Å². The molecule has 7 nitrogen and oxygen atoms in total. The molecule has 0 unspecified atom stereocenters. The third kappa shape index (κ3) is 3.14. The molecule has 0 amide bonds. The molecule has 3 aromatic heterocycles. The summed E-state index contributed by atoms with van der Waals surface area (Å²) in [5, 5.41) is 5.48. The SMILES string of the molecule is Nc1ncnc2c1c(-c1ccc(Oc3ccccc3)cc1)nn2-c1ccncc1. The highest BCUT2D eigenvalue weighted by Gasteiger charge is 2.18. The van der Waals surface area contributed by atoms with Crippen LogP contribution in [0.4, 0.5) is 5.82 Å². The Labute approximate surface area is 166 Å². The minimum atomic E-state index is 0.384. The van der Waals surface area contributed by atoms with E-state index in [0.717, 1.165) is 22.7 Å². The van der Waals surface area contributed by atoms with Gasteiger partial charge in [0.1, 0.15) is 29.3 Å². The number of aromatic nitrogens is 5. The smallest absolute Gasteiger partial charge is 0.169 e. The van der Waals surface area contributed by atoms with Gasteiger partial charge in [0.05, 0.1) is 11.1 Å². The van der Waals surface area contributed by atoms with Crippen LogP contribution in [-0.2, 0) is 0 Å². The van der Waals surface area contributed by atoms with Gasteiger partial charge in [-0.05, 0) is 48.5 Å². The average Bonchev–Trinajstić information content (AvgIpc) is 3.17. The number of anilines is 1. The number of fused-ring (bicyclic) bond motifs is 1. The van der Waals surface area contributed by atoms with Gasteiger partial charge in [0.2, 0.25) is 0 Å². The fourth-order valence-electron chi connectivity index (χ4n) is 3.15. The average molecular weight is 380 g/mol. The van der Waals surface area contributed by atoms with E-state index in [0.29, 0.717) is 22.5 Å². The number of pyridine rings is 1. The van der Waals surface area contributed by atoms with E-state index < -0.39 is 0 Å². The van der Waals surface area contributed by atoms with E-state index >= 15 is 0 Å². The first-order valence-electron chi connectivity index (χ1n) is 9.02. The van der Waals surface area contributed by atoms with Crippen molar-refractivity contribution in [3.8, 4) is 28.4 Å². The van der Waals surface area contributed by atoms with Crippen molar-refractivity contribution in [3.63, 3.8) is 0 Å². The lowest BCUT2D eigenvalue weighted by Crippen LogP contribution is -1.98. The maximum Gasteiger partial charge on any atom is 0.169 e. The first-order chi connectivity index (χ1) is 14.3. The first kappa shape index (κ1) is 16.9. The fourth-order valence-corrected chi connectivity index (χ4v) is 3.15. The van der Waals surface area contributed by atoms with Crippen LogP contribution in [0.5, 0.6) is 11.5 Å². The molecule has 0 radical (unpaired) electrons. The van der Waals surface area contributed by atoms with Crippen molar-refractivity contribution >= 4 is 16.9 Å². The van der Waals surface area contributed by atoms with Gasteiger partial charge in [0, 0.05) is 18.0 Å². The second-order valence-corrected chi connectivity index (χ2v) is 6.36. The van der Waals surface area contributed by atoms with Crippen LogP contribution < -0.4 is 10.5 Å². The Kier molecular flexibility index (Phi) is 4.10. The minimum absolute atomic E-state index is 0.384. The summed E-state index contributed by atoms with van der Waals surface area (Å²) in [6.07, 6.45) is 4.86. The van der Waals surface area contributed by atoms with E-state index in [2.05, 4.69) is 15.0 Å². The van der Waals surface area contributed by atoms with E-state index in [4.69, 9.17) is 15.6 Å². The van der Waals surface area contributed by atoms with Gasteiger partial charge in [0.15, 0.2) is 5.65 Å². The van der Waals surface area contributed by atoms with Crippen LogP contribution >= 0.6 is 0 Å². The highest BCUT2D eigenvalue weighted by molar-refractivity contribution is 5.98. The largest absolute Gasteiger partial charge is 0.457 e. The van der Waals surface area contributed by atoms with E-state index in [1.807, 2.05) is 66.7 Å². The summed E-state index contributed by atoms with van der Waals surface area (Å²) in [5.74, 6) is 1.90. The summed E-state index contributed by atoms with van der Waals surface area (Å²) in [4.78, 5) is 12.6. The lowest BCUT2D eigenvalue weighted by Gasteiger charge is -2.06. The fraction of sp³-hybridized carbons (Fsp3) is 0. The predicted octanol–water partition coefficient (Wildman–Crippen LogP) is 4.25. The Morgan fingerprint density at radius 3 is 2.28 bits per heavy atom. The van der Waals surface area contributed by atoms with Gasteiger partial charge in [0.25, 0.3) is 0 Å². The normalized spacial score (nSPS) is 10.9. The van der Waals surface area contributed by atoms with E-state index in [-0.39, 0.29) is 0 Å². The number of rotatable bonds is 4. The molecule has 0 fully saturated rings. The number of nitrogen functional groups attached to an aromatic ring is 1. The molecule has 0 saturated carbocycles. The lowest BCUT2D eigenvalue weighted by atomic mass is 10.1. The Hall–Kier alpha value is -4.26. The van der Waals surface area contributed by atoms with Gasteiger partial charge in [-0.25, -0.2) is 14.6 Å². The van der Waals surface area contributed by atoms with Crippen LogP contribution in [0.15, 0.2) is 85.5 Å². The Bertz CT molecular complexity index is 1270. The van der Waals surface area contributed by atoms with Crippen molar-refractivity contribution in [2.45, 2.75) is 0 Å². The van der Waals surface area contributed by atoms with Crippen molar-refractivity contribution in [1.29, 1.82) is 0 Å². The standard InChI is InChI=1S/C22H16N6O/c23-21-19-20(15-6-8-18(9-7-15)29-17-4-2-1-3-5-17)27-28(22(19)26-14-25-21)16-10-12-24-13-11-16/h1-14H,(H2,23,25,26). The van der Waals surface area contributed by atoms with Gasteiger partial charge in [-0.1, -0.05) is 18.2 Å². The topological polar surface area (TPSA) is 91.7 Å². The number of hydrogen-bond donors (Lipinski definition) is 1. The molecule has 3 heterocycles.